The Bertz CT molecular complexity index is 876. The zero-order chi connectivity index (χ0) is 17.6. The van der Waals surface area contributed by atoms with Crippen LogP contribution in [0.2, 0.25) is 0 Å². The summed E-state index contributed by atoms with van der Waals surface area (Å²) in [5.41, 5.74) is 4.67. The van der Waals surface area contributed by atoms with Crippen LogP contribution in [0.5, 0.6) is 0 Å². The molecule has 26 heavy (non-hydrogen) atoms. The van der Waals surface area contributed by atoms with Gasteiger partial charge in [-0.05, 0) is 22.3 Å². The molecule has 2 aromatic heterocycles. The number of rotatable bonds is 6. The van der Waals surface area contributed by atoms with Crippen molar-refractivity contribution in [3.05, 3.63) is 97.1 Å². The summed E-state index contributed by atoms with van der Waals surface area (Å²) in [6, 6.07) is 20.7. The summed E-state index contributed by atoms with van der Waals surface area (Å²) in [6.07, 6.45) is 6.59. The van der Waals surface area contributed by atoms with Gasteiger partial charge in [0, 0.05) is 0 Å². The van der Waals surface area contributed by atoms with E-state index in [0.29, 0.717) is 13.1 Å². The fraction of sp³-hybridized carbons (Fsp3) is 0.100. The molecular weight excluding hydrogens is 324 g/mol. The van der Waals surface area contributed by atoms with E-state index in [1.54, 1.807) is 25.3 Å². The standard InChI is InChI=1S/C20H18N6/c1-3-7-17(8-4-1)19(11-25-15-21-13-23-25)20(12-26-16-22-14-24-26)18-9-5-2-6-10-18/h1-10,13-16H,11-12H2/b20-19+. The summed E-state index contributed by atoms with van der Waals surface area (Å²) < 4.78 is 3.68. The maximum Gasteiger partial charge on any atom is 0.137 e. The minimum Gasteiger partial charge on any atom is -0.249 e. The Balaban J connectivity index is 1.88. The van der Waals surface area contributed by atoms with E-state index in [9.17, 15) is 0 Å². The first-order valence-electron chi connectivity index (χ1n) is 8.38. The monoisotopic (exact) mass is 342 g/mol. The smallest absolute Gasteiger partial charge is 0.137 e. The lowest BCUT2D eigenvalue weighted by molar-refractivity contribution is 0.694. The normalized spacial score (nSPS) is 12.0. The van der Waals surface area contributed by atoms with E-state index < -0.39 is 0 Å². The first-order valence-corrected chi connectivity index (χ1v) is 8.38. The number of allylic oxidation sites excluding steroid dienone is 2. The molecular formula is C20H18N6. The Labute approximate surface area is 151 Å². The van der Waals surface area contributed by atoms with Gasteiger partial charge in [-0.1, -0.05) is 60.7 Å². The Hall–Kier alpha value is -3.54. The highest BCUT2D eigenvalue weighted by Gasteiger charge is 2.14. The van der Waals surface area contributed by atoms with Gasteiger partial charge in [0.15, 0.2) is 0 Å². The van der Waals surface area contributed by atoms with Gasteiger partial charge in [-0.15, -0.1) is 0 Å². The average Bonchev–Trinajstić information content (AvgIpc) is 3.40. The first kappa shape index (κ1) is 16.0. The quantitative estimate of drug-likeness (QED) is 0.505. The summed E-state index contributed by atoms with van der Waals surface area (Å²) in [4.78, 5) is 8.16. The predicted octanol–water partition coefficient (Wildman–Crippen LogP) is 3.18. The third-order valence-electron chi connectivity index (χ3n) is 4.18. The van der Waals surface area contributed by atoms with Crippen LogP contribution in [0.3, 0.4) is 0 Å². The van der Waals surface area contributed by atoms with Crippen LogP contribution in [0.4, 0.5) is 0 Å². The molecule has 0 aliphatic carbocycles. The molecule has 0 fully saturated rings. The fourth-order valence-electron chi connectivity index (χ4n) is 2.95. The van der Waals surface area contributed by atoms with Gasteiger partial charge in [0.05, 0.1) is 13.1 Å². The van der Waals surface area contributed by atoms with Crippen molar-refractivity contribution in [3.8, 4) is 0 Å². The van der Waals surface area contributed by atoms with Crippen LogP contribution in [0, 0.1) is 0 Å². The van der Waals surface area contributed by atoms with Gasteiger partial charge in [0.1, 0.15) is 25.3 Å². The fourth-order valence-corrected chi connectivity index (χ4v) is 2.95. The number of hydrogen-bond donors (Lipinski definition) is 0. The lowest BCUT2D eigenvalue weighted by atomic mass is 9.94. The minimum atomic E-state index is 0.628. The third-order valence-corrected chi connectivity index (χ3v) is 4.18. The van der Waals surface area contributed by atoms with Gasteiger partial charge in [0.2, 0.25) is 0 Å². The van der Waals surface area contributed by atoms with Crippen molar-refractivity contribution in [2.45, 2.75) is 13.1 Å². The van der Waals surface area contributed by atoms with E-state index in [0.717, 1.165) is 11.1 Å². The molecule has 0 aliphatic rings. The van der Waals surface area contributed by atoms with Crippen LogP contribution in [0.25, 0.3) is 11.1 Å². The van der Waals surface area contributed by atoms with Gasteiger partial charge in [-0.2, -0.15) is 10.2 Å². The van der Waals surface area contributed by atoms with Crippen LogP contribution >= 0.6 is 0 Å². The topological polar surface area (TPSA) is 61.4 Å². The number of benzene rings is 2. The average molecular weight is 342 g/mol. The lowest BCUT2D eigenvalue weighted by Crippen LogP contribution is -2.08. The van der Waals surface area contributed by atoms with E-state index in [1.165, 1.54) is 11.1 Å². The Morgan fingerprint density at radius 2 is 1.04 bits per heavy atom. The van der Waals surface area contributed by atoms with E-state index in [1.807, 2.05) is 21.5 Å². The van der Waals surface area contributed by atoms with Gasteiger partial charge in [0.25, 0.3) is 0 Å². The molecule has 2 aromatic carbocycles. The zero-order valence-electron chi connectivity index (χ0n) is 14.2. The first-order chi connectivity index (χ1) is 12.9. The molecule has 0 amide bonds. The predicted molar refractivity (Wildman–Crippen MR) is 99.7 cm³/mol. The number of aromatic nitrogens is 6. The highest BCUT2D eigenvalue weighted by molar-refractivity contribution is 5.90. The maximum atomic E-state index is 4.29. The van der Waals surface area contributed by atoms with E-state index in [4.69, 9.17) is 0 Å². The summed E-state index contributed by atoms with van der Waals surface area (Å²) in [5.74, 6) is 0. The van der Waals surface area contributed by atoms with E-state index in [-0.39, 0.29) is 0 Å². The van der Waals surface area contributed by atoms with Crippen molar-refractivity contribution in [3.63, 3.8) is 0 Å². The highest BCUT2D eigenvalue weighted by atomic mass is 15.3. The third kappa shape index (κ3) is 3.59. The van der Waals surface area contributed by atoms with Crippen molar-refractivity contribution in [1.29, 1.82) is 0 Å². The molecule has 4 aromatic rings. The molecule has 0 spiro atoms. The molecule has 0 unspecified atom stereocenters. The van der Waals surface area contributed by atoms with E-state index >= 15 is 0 Å². The molecule has 0 saturated heterocycles. The van der Waals surface area contributed by atoms with Crippen LogP contribution in [0.1, 0.15) is 11.1 Å². The zero-order valence-corrected chi connectivity index (χ0v) is 14.2. The number of nitrogens with zero attached hydrogens (tertiary/aromatic N) is 6. The molecule has 128 valence electrons. The second-order valence-corrected chi connectivity index (χ2v) is 5.88. The van der Waals surface area contributed by atoms with Crippen LogP contribution in [-0.2, 0) is 13.1 Å². The molecule has 6 heteroatoms. The minimum absolute atomic E-state index is 0.628. The Morgan fingerprint density at radius 3 is 1.38 bits per heavy atom. The summed E-state index contributed by atoms with van der Waals surface area (Å²) in [7, 11) is 0. The largest absolute Gasteiger partial charge is 0.249 e. The summed E-state index contributed by atoms with van der Waals surface area (Å²) >= 11 is 0. The highest BCUT2D eigenvalue weighted by Crippen LogP contribution is 2.29. The Morgan fingerprint density at radius 1 is 0.615 bits per heavy atom. The lowest BCUT2D eigenvalue weighted by Gasteiger charge is -2.17. The van der Waals surface area contributed by atoms with Gasteiger partial charge in [-0.3, -0.25) is 0 Å². The number of hydrogen-bond acceptors (Lipinski definition) is 4. The van der Waals surface area contributed by atoms with Crippen molar-refractivity contribution in [2.24, 2.45) is 0 Å². The van der Waals surface area contributed by atoms with E-state index in [2.05, 4.69) is 68.7 Å². The molecule has 4 rings (SSSR count). The Kier molecular flexibility index (Phi) is 4.64. The van der Waals surface area contributed by atoms with Gasteiger partial charge in [-0.25, -0.2) is 19.3 Å². The second kappa shape index (κ2) is 7.57. The molecule has 0 aliphatic heterocycles. The molecule has 0 N–H and O–H groups in total. The van der Waals surface area contributed by atoms with Crippen molar-refractivity contribution in [2.75, 3.05) is 0 Å². The summed E-state index contributed by atoms with van der Waals surface area (Å²) in [5, 5.41) is 8.58. The summed E-state index contributed by atoms with van der Waals surface area (Å²) in [6.45, 7) is 1.26. The van der Waals surface area contributed by atoms with Crippen molar-refractivity contribution >= 4 is 11.1 Å². The maximum absolute atomic E-state index is 4.29. The van der Waals surface area contributed by atoms with Crippen molar-refractivity contribution < 1.29 is 0 Å². The van der Waals surface area contributed by atoms with Crippen molar-refractivity contribution in [1.82, 2.24) is 29.5 Å². The van der Waals surface area contributed by atoms with Gasteiger partial charge < -0.3 is 0 Å². The molecule has 2 heterocycles. The van der Waals surface area contributed by atoms with Gasteiger partial charge >= 0.3 is 0 Å². The molecule has 0 saturated carbocycles. The molecule has 6 nitrogen and oxygen atoms in total. The van der Waals surface area contributed by atoms with Crippen LogP contribution in [0.15, 0.2) is 86.0 Å². The second-order valence-electron chi connectivity index (χ2n) is 5.88. The molecule has 0 radical (unpaired) electrons. The SMILES string of the molecule is c1ccc(/C(Cn2cncn2)=C(\Cn2cncn2)c2ccccc2)cc1. The van der Waals surface area contributed by atoms with Crippen LogP contribution < -0.4 is 0 Å². The molecule has 0 bridgehead atoms. The van der Waals surface area contributed by atoms with Crippen LogP contribution in [-0.4, -0.2) is 29.5 Å². The molecule has 0 atom stereocenters.